The average molecular weight is 378 g/mol. The first-order chi connectivity index (χ1) is 12.5. The Morgan fingerprint density at radius 2 is 2.12 bits per heavy atom. The Hall–Kier alpha value is -2.48. The van der Waals surface area contributed by atoms with Gasteiger partial charge in [0.1, 0.15) is 0 Å². The van der Waals surface area contributed by atoms with E-state index in [1.54, 1.807) is 24.4 Å². The van der Waals surface area contributed by atoms with E-state index in [0.717, 1.165) is 19.3 Å². The molecule has 0 saturated carbocycles. The lowest BCUT2D eigenvalue weighted by Crippen LogP contribution is -2.29. The van der Waals surface area contributed by atoms with Gasteiger partial charge < -0.3 is 25.8 Å². The van der Waals surface area contributed by atoms with Crippen molar-refractivity contribution >= 4 is 28.2 Å². The third-order valence-corrected chi connectivity index (χ3v) is 4.05. The van der Waals surface area contributed by atoms with E-state index in [1.807, 2.05) is 13.8 Å². The number of amides is 2. The zero-order valence-electron chi connectivity index (χ0n) is 15.4. The van der Waals surface area contributed by atoms with Crippen molar-refractivity contribution in [1.82, 2.24) is 10.3 Å². The van der Waals surface area contributed by atoms with Crippen molar-refractivity contribution < 1.29 is 14.3 Å². The van der Waals surface area contributed by atoms with Crippen molar-refractivity contribution in [1.29, 1.82) is 0 Å². The Balaban J connectivity index is 2.05. The summed E-state index contributed by atoms with van der Waals surface area (Å²) in [6, 6.07) is 5.02. The summed E-state index contributed by atoms with van der Waals surface area (Å²) < 4.78 is 11.6. The summed E-state index contributed by atoms with van der Waals surface area (Å²) in [6.07, 6.45) is 4.71. The normalized spacial score (nSPS) is 10.6. The molecule has 2 rings (SSSR count). The molecule has 142 valence electrons. The molecule has 0 radical (unpaired) electrons. The molecule has 0 aliphatic rings. The highest BCUT2D eigenvalue weighted by Crippen LogP contribution is 2.37. The summed E-state index contributed by atoms with van der Waals surface area (Å²) in [5.41, 5.74) is 6.26. The Morgan fingerprint density at radius 1 is 1.31 bits per heavy atom. The molecule has 0 unspecified atom stereocenters. The number of rotatable bonds is 9. The lowest BCUT2D eigenvalue weighted by molar-refractivity contribution is 0.234. The van der Waals surface area contributed by atoms with Crippen LogP contribution in [-0.2, 0) is 0 Å². The van der Waals surface area contributed by atoms with E-state index in [-0.39, 0.29) is 12.1 Å². The molecule has 0 saturated heterocycles. The van der Waals surface area contributed by atoms with Gasteiger partial charge >= 0.3 is 6.03 Å². The largest absolute Gasteiger partial charge is 0.487 e. The summed E-state index contributed by atoms with van der Waals surface area (Å²) in [5, 5.41) is 6.66. The lowest BCUT2D eigenvalue weighted by atomic mass is 10.2. The molecule has 0 spiro atoms. The predicted octanol–water partition coefficient (Wildman–Crippen LogP) is 4.62. The molecular weight excluding hydrogens is 352 g/mol. The predicted molar refractivity (Wildman–Crippen MR) is 105 cm³/mol. The molecule has 4 N–H and O–H groups in total. The average Bonchev–Trinajstić information content (AvgIpc) is 2.98. The van der Waals surface area contributed by atoms with E-state index in [9.17, 15) is 4.79 Å². The van der Waals surface area contributed by atoms with Gasteiger partial charge in [0.2, 0.25) is 5.06 Å². The van der Waals surface area contributed by atoms with Crippen LogP contribution in [0.4, 0.5) is 15.6 Å². The van der Waals surface area contributed by atoms with E-state index >= 15 is 0 Å². The van der Waals surface area contributed by atoms with E-state index in [1.165, 1.54) is 11.3 Å². The number of hydrogen-bond donors (Lipinski definition) is 3. The number of nitrogen functional groups attached to an aromatic ring is 1. The van der Waals surface area contributed by atoms with Gasteiger partial charge in [0.15, 0.2) is 16.6 Å². The highest BCUT2D eigenvalue weighted by Gasteiger charge is 2.12. The smallest absolute Gasteiger partial charge is 0.319 e. The van der Waals surface area contributed by atoms with Gasteiger partial charge in [-0.1, -0.05) is 31.1 Å². The summed E-state index contributed by atoms with van der Waals surface area (Å²) >= 11 is 1.25. The Morgan fingerprint density at radius 3 is 2.77 bits per heavy atom. The number of benzene rings is 1. The molecule has 0 bridgehead atoms. The number of thiazole rings is 1. The minimum Gasteiger partial charge on any atom is -0.487 e. The van der Waals surface area contributed by atoms with Gasteiger partial charge in [0.05, 0.1) is 12.3 Å². The number of unbranched alkanes of at least 4 members (excludes halogenated alkanes) is 2. The van der Waals surface area contributed by atoms with Gasteiger partial charge in [-0.3, -0.25) is 0 Å². The molecule has 0 aliphatic carbocycles. The van der Waals surface area contributed by atoms with E-state index in [2.05, 4.69) is 22.5 Å². The van der Waals surface area contributed by atoms with Crippen LogP contribution < -0.4 is 25.8 Å². The number of hydrogen-bond acceptors (Lipinski definition) is 6. The fourth-order valence-electron chi connectivity index (χ4n) is 2.20. The zero-order chi connectivity index (χ0) is 18.9. The maximum Gasteiger partial charge on any atom is 0.319 e. The minimum atomic E-state index is -0.236. The van der Waals surface area contributed by atoms with Gasteiger partial charge in [-0.2, -0.15) is 0 Å². The van der Waals surface area contributed by atoms with Crippen LogP contribution in [0.2, 0.25) is 0 Å². The second-order valence-electron chi connectivity index (χ2n) is 6.04. The van der Waals surface area contributed by atoms with Crippen molar-refractivity contribution in [2.75, 3.05) is 17.6 Å². The molecule has 8 heteroatoms. The fraction of sp³-hybridized carbons (Fsp3) is 0.444. The number of aromatic nitrogens is 1. The van der Waals surface area contributed by atoms with Crippen LogP contribution in [0.15, 0.2) is 24.4 Å². The Bertz CT molecular complexity index is 718. The van der Waals surface area contributed by atoms with Crippen molar-refractivity contribution in [3.63, 3.8) is 0 Å². The minimum absolute atomic E-state index is 0.0398. The quantitative estimate of drug-likeness (QED) is 0.553. The Labute approximate surface area is 157 Å². The molecular formula is C18H26N4O3S. The number of urea groups is 1. The molecule has 2 aromatic rings. The van der Waals surface area contributed by atoms with Gasteiger partial charge in [-0.15, -0.1) is 0 Å². The molecule has 7 nitrogen and oxygen atoms in total. The third kappa shape index (κ3) is 6.44. The molecule has 0 atom stereocenters. The fourth-order valence-corrected chi connectivity index (χ4v) is 2.74. The standard InChI is InChI=1S/C18H26N4O3S/c1-4-5-6-9-20-18(23)22-13-7-8-14(15(10-13)24-12(2)3)25-16-11-21-17(19)26-16/h7-8,10-12H,4-6,9H2,1-3H3,(H2,19,21)(H2,20,22,23). The number of nitrogens with zero attached hydrogens (tertiary/aromatic N) is 1. The number of nitrogens with one attached hydrogen (secondary N) is 2. The molecule has 2 amide bonds. The van der Waals surface area contributed by atoms with Crippen molar-refractivity contribution in [2.24, 2.45) is 0 Å². The molecule has 1 heterocycles. The molecule has 26 heavy (non-hydrogen) atoms. The molecule has 1 aromatic heterocycles. The van der Waals surface area contributed by atoms with Crippen LogP contribution in [0.1, 0.15) is 40.0 Å². The number of nitrogens with two attached hydrogens (primary N) is 1. The highest BCUT2D eigenvalue weighted by atomic mass is 32.1. The third-order valence-electron chi connectivity index (χ3n) is 3.34. The van der Waals surface area contributed by atoms with E-state index in [4.69, 9.17) is 15.2 Å². The zero-order valence-corrected chi connectivity index (χ0v) is 16.2. The number of ether oxygens (including phenoxy) is 2. The topological polar surface area (TPSA) is 98.5 Å². The molecule has 1 aromatic carbocycles. The summed E-state index contributed by atoms with van der Waals surface area (Å²) in [7, 11) is 0. The number of carbonyl (C=O) groups excluding carboxylic acids is 1. The van der Waals surface area contributed by atoms with Crippen LogP contribution in [0, 0.1) is 0 Å². The second-order valence-corrected chi connectivity index (χ2v) is 7.06. The first kappa shape index (κ1) is 19.8. The van der Waals surface area contributed by atoms with Crippen molar-refractivity contribution in [3.05, 3.63) is 24.4 Å². The van der Waals surface area contributed by atoms with Crippen LogP contribution in [0.3, 0.4) is 0 Å². The summed E-state index contributed by atoms with van der Waals surface area (Å²) in [4.78, 5) is 15.9. The van der Waals surface area contributed by atoms with E-state index < -0.39 is 0 Å². The maximum absolute atomic E-state index is 12.0. The summed E-state index contributed by atoms with van der Waals surface area (Å²) in [5.74, 6) is 1.08. The SMILES string of the molecule is CCCCCNC(=O)Nc1ccc(Oc2cnc(N)s2)c(OC(C)C)c1. The van der Waals surface area contributed by atoms with Crippen molar-refractivity contribution in [3.8, 4) is 16.6 Å². The van der Waals surface area contributed by atoms with Gasteiger partial charge in [0.25, 0.3) is 0 Å². The first-order valence-corrected chi connectivity index (χ1v) is 9.54. The number of anilines is 2. The number of carbonyl (C=O) groups is 1. The van der Waals surface area contributed by atoms with Crippen LogP contribution >= 0.6 is 11.3 Å². The molecule has 0 aliphatic heterocycles. The van der Waals surface area contributed by atoms with Crippen LogP contribution in [0.25, 0.3) is 0 Å². The molecule has 0 fully saturated rings. The van der Waals surface area contributed by atoms with Crippen molar-refractivity contribution in [2.45, 2.75) is 46.1 Å². The monoisotopic (exact) mass is 378 g/mol. The lowest BCUT2D eigenvalue weighted by Gasteiger charge is -2.16. The van der Waals surface area contributed by atoms with E-state index in [0.29, 0.717) is 33.9 Å². The highest BCUT2D eigenvalue weighted by molar-refractivity contribution is 7.17. The van der Waals surface area contributed by atoms with Gasteiger partial charge in [-0.05, 0) is 32.4 Å². The Kier molecular flexibility index (Phi) is 7.53. The maximum atomic E-state index is 12.0. The van der Waals surface area contributed by atoms with Gasteiger partial charge in [-0.25, -0.2) is 9.78 Å². The second kappa shape index (κ2) is 9.86. The van der Waals surface area contributed by atoms with Gasteiger partial charge in [0, 0.05) is 18.3 Å². The first-order valence-electron chi connectivity index (χ1n) is 8.72. The summed E-state index contributed by atoms with van der Waals surface area (Å²) in [6.45, 7) is 6.63. The van der Waals surface area contributed by atoms with Crippen LogP contribution in [-0.4, -0.2) is 23.7 Å². The van der Waals surface area contributed by atoms with Crippen LogP contribution in [0.5, 0.6) is 16.6 Å².